The lowest BCUT2D eigenvalue weighted by Crippen LogP contribution is -2.12. The lowest BCUT2D eigenvalue weighted by atomic mass is 10.1. The van der Waals surface area contributed by atoms with E-state index in [-0.39, 0.29) is 15.0 Å². The molecule has 0 aliphatic rings. The van der Waals surface area contributed by atoms with Gasteiger partial charge in [0.1, 0.15) is 9.23 Å². The third-order valence-corrected chi connectivity index (χ3v) is 5.59. The summed E-state index contributed by atoms with van der Waals surface area (Å²) in [6.07, 6.45) is 0. The Morgan fingerprint density at radius 2 is 1.80 bits per heavy atom. The summed E-state index contributed by atoms with van der Waals surface area (Å²) in [4.78, 5) is 11.1. The van der Waals surface area contributed by atoms with E-state index in [0.29, 0.717) is 15.6 Å². The number of nitrogens with one attached hydrogen (secondary N) is 1. The second-order valence-electron chi connectivity index (χ2n) is 3.93. The maximum absolute atomic E-state index is 12.1. The fourth-order valence-electron chi connectivity index (χ4n) is 1.49. The van der Waals surface area contributed by atoms with E-state index < -0.39 is 10.0 Å². The number of carbonyl (C=O) groups is 1. The lowest BCUT2D eigenvalue weighted by molar-refractivity contribution is 0.101. The van der Waals surface area contributed by atoms with Crippen LogP contribution in [0, 0.1) is 0 Å². The summed E-state index contributed by atoms with van der Waals surface area (Å²) in [6, 6.07) is 7.40. The van der Waals surface area contributed by atoms with Crippen LogP contribution in [0.2, 0.25) is 8.67 Å². The fourth-order valence-corrected chi connectivity index (χ4v) is 4.70. The molecule has 0 atom stereocenters. The molecule has 106 valence electrons. The molecule has 0 bridgehead atoms. The minimum Gasteiger partial charge on any atom is -0.295 e. The Bertz CT molecular complexity index is 752. The molecule has 2 aromatic rings. The number of hydrogen-bond donors (Lipinski definition) is 1. The highest BCUT2D eigenvalue weighted by atomic mass is 35.5. The molecule has 0 spiro atoms. The maximum atomic E-state index is 12.1. The van der Waals surface area contributed by atoms with Gasteiger partial charge in [-0.25, -0.2) is 8.42 Å². The first kappa shape index (κ1) is 15.3. The highest BCUT2D eigenvalue weighted by molar-refractivity contribution is 7.93. The maximum Gasteiger partial charge on any atom is 0.264 e. The zero-order chi connectivity index (χ0) is 14.9. The molecule has 8 heteroatoms. The molecule has 2 rings (SSSR count). The van der Waals surface area contributed by atoms with Crippen LogP contribution in [0.1, 0.15) is 17.3 Å². The van der Waals surface area contributed by atoms with Crippen molar-refractivity contribution in [2.24, 2.45) is 0 Å². The standard InChI is InChI=1S/C12H9Cl2NO3S2/c1-7(16)8-2-4-9(5-3-8)15-20(17,18)10-6-11(13)19-12(10)14/h2-6,15H,1H3. The number of Topliss-reactive ketones (excluding diaryl/α,β-unsaturated/α-hetero) is 1. The van der Waals surface area contributed by atoms with E-state index in [1.165, 1.54) is 25.1 Å². The number of rotatable bonds is 4. The zero-order valence-corrected chi connectivity index (χ0v) is 13.3. The summed E-state index contributed by atoms with van der Waals surface area (Å²) < 4.78 is 27.1. The van der Waals surface area contributed by atoms with E-state index in [1.807, 2.05) is 0 Å². The summed E-state index contributed by atoms with van der Waals surface area (Å²) in [5.41, 5.74) is 0.845. The number of halogens is 2. The van der Waals surface area contributed by atoms with Crippen LogP contribution in [0.15, 0.2) is 35.2 Å². The van der Waals surface area contributed by atoms with Crippen molar-refractivity contribution in [3.05, 3.63) is 44.6 Å². The minimum atomic E-state index is -3.80. The van der Waals surface area contributed by atoms with Gasteiger partial charge in [-0.05, 0) is 37.3 Å². The Morgan fingerprint density at radius 3 is 2.25 bits per heavy atom. The fraction of sp³-hybridized carbons (Fsp3) is 0.0833. The van der Waals surface area contributed by atoms with E-state index in [9.17, 15) is 13.2 Å². The van der Waals surface area contributed by atoms with E-state index in [2.05, 4.69) is 4.72 Å². The Labute approximate surface area is 130 Å². The Balaban J connectivity index is 2.28. The van der Waals surface area contributed by atoms with E-state index in [0.717, 1.165) is 11.3 Å². The van der Waals surface area contributed by atoms with Gasteiger partial charge in [-0.3, -0.25) is 9.52 Å². The van der Waals surface area contributed by atoms with Gasteiger partial charge in [0.25, 0.3) is 10.0 Å². The van der Waals surface area contributed by atoms with E-state index in [4.69, 9.17) is 23.2 Å². The zero-order valence-electron chi connectivity index (χ0n) is 10.2. The van der Waals surface area contributed by atoms with Crippen molar-refractivity contribution in [1.29, 1.82) is 0 Å². The first-order chi connectivity index (χ1) is 9.29. The number of thiophene rings is 1. The van der Waals surface area contributed by atoms with E-state index >= 15 is 0 Å². The summed E-state index contributed by atoms with van der Waals surface area (Å²) in [5.74, 6) is -0.0907. The molecule has 0 saturated heterocycles. The second-order valence-corrected chi connectivity index (χ2v) is 7.86. The summed E-state index contributed by atoms with van der Waals surface area (Å²) >= 11 is 12.5. The van der Waals surface area contributed by atoms with Gasteiger partial charge in [0.2, 0.25) is 0 Å². The number of ketones is 1. The Kier molecular flexibility index (Phi) is 4.39. The average molecular weight is 350 g/mol. The van der Waals surface area contributed by atoms with Crippen LogP contribution >= 0.6 is 34.5 Å². The van der Waals surface area contributed by atoms with Crippen LogP contribution in [0.3, 0.4) is 0 Å². The number of carbonyl (C=O) groups excluding carboxylic acids is 1. The monoisotopic (exact) mass is 349 g/mol. The van der Waals surface area contributed by atoms with Gasteiger partial charge >= 0.3 is 0 Å². The molecule has 0 radical (unpaired) electrons. The van der Waals surface area contributed by atoms with Crippen LogP contribution in [-0.4, -0.2) is 14.2 Å². The molecule has 4 nitrogen and oxygen atoms in total. The van der Waals surface area contributed by atoms with Gasteiger partial charge in [0, 0.05) is 11.3 Å². The highest BCUT2D eigenvalue weighted by Gasteiger charge is 2.21. The van der Waals surface area contributed by atoms with Crippen LogP contribution < -0.4 is 4.72 Å². The molecule has 1 aromatic heterocycles. The molecule has 1 heterocycles. The van der Waals surface area contributed by atoms with E-state index in [1.54, 1.807) is 12.1 Å². The smallest absolute Gasteiger partial charge is 0.264 e. The second kappa shape index (κ2) is 5.73. The first-order valence-electron chi connectivity index (χ1n) is 5.38. The van der Waals surface area contributed by atoms with Crippen molar-refractivity contribution in [2.45, 2.75) is 11.8 Å². The largest absolute Gasteiger partial charge is 0.295 e. The van der Waals surface area contributed by atoms with Crippen molar-refractivity contribution in [3.8, 4) is 0 Å². The minimum absolute atomic E-state index is 0.0650. The number of sulfonamides is 1. The quantitative estimate of drug-likeness (QED) is 0.846. The number of anilines is 1. The summed E-state index contributed by atoms with van der Waals surface area (Å²) in [6.45, 7) is 1.44. The van der Waals surface area contributed by atoms with Gasteiger partial charge < -0.3 is 0 Å². The summed E-state index contributed by atoms with van der Waals surface area (Å²) in [7, 11) is -3.80. The van der Waals surface area contributed by atoms with Crippen LogP contribution in [0.25, 0.3) is 0 Å². The molecule has 0 saturated carbocycles. The van der Waals surface area contributed by atoms with Gasteiger partial charge in [-0.15, -0.1) is 11.3 Å². The number of benzene rings is 1. The Hall–Kier alpha value is -1.08. The van der Waals surface area contributed by atoms with Gasteiger partial charge in [-0.2, -0.15) is 0 Å². The summed E-state index contributed by atoms with van der Waals surface area (Å²) in [5, 5.41) is 0. The molecule has 0 fully saturated rings. The third kappa shape index (κ3) is 3.32. The first-order valence-corrected chi connectivity index (χ1v) is 8.44. The van der Waals surface area contributed by atoms with Crippen molar-refractivity contribution < 1.29 is 13.2 Å². The molecule has 1 aromatic carbocycles. The van der Waals surface area contributed by atoms with Crippen molar-refractivity contribution >= 4 is 56.0 Å². The number of hydrogen-bond acceptors (Lipinski definition) is 4. The van der Waals surface area contributed by atoms with Gasteiger partial charge in [0.15, 0.2) is 5.78 Å². The predicted octanol–water partition coefficient (Wildman–Crippen LogP) is 4.06. The SMILES string of the molecule is CC(=O)c1ccc(NS(=O)(=O)c2cc(Cl)sc2Cl)cc1. The van der Waals surface area contributed by atoms with Crippen molar-refractivity contribution in [3.63, 3.8) is 0 Å². The molecule has 0 aliphatic heterocycles. The van der Waals surface area contributed by atoms with Crippen LogP contribution in [0.4, 0.5) is 5.69 Å². The molecule has 0 aliphatic carbocycles. The van der Waals surface area contributed by atoms with Crippen molar-refractivity contribution in [1.82, 2.24) is 0 Å². The molecule has 0 amide bonds. The predicted molar refractivity (Wildman–Crippen MR) is 81.6 cm³/mol. The molecule has 0 unspecified atom stereocenters. The van der Waals surface area contributed by atoms with Crippen molar-refractivity contribution in [2.75, 3.05) is 4.72 Å². The average Bonchev–Trinajstić information content (AvgIpc) is 2.69. The normalized spacial score (nSPS) is 11.3. The lowest BCUT2D eigenvalue weighted by Gasteiger charge is -2.07. The molecule has 1 N–H and O–H groups in total. The molecule has 20 heavy (non-hydrogen) atoms. The topological polar surface area (TPSA) is 63.2 Å². The molecular formula is C12H9Cl2NO3S2. The van der Waals surface area contributed by atoms with Gasteiger partial charge in [-0.1, -0.05) is 23.2 Å². The molecular weight excluding hydrogens is 341 g/mol. The van der Waals surface area contributed by atoms with Gasteiger partial charge in [0.05, 0.1) is 4.34 Å². The highest BCUT2D eigenvalue weighted by Crippen LogP contribution is 2.35. The Morgan fingerprint density at radius 1 is 1.20 bits per heavy atom. The third-order valence-electron chi connectivity index (χ3n) is 2.46. The van der Waals surface area contributed by atoms with Crippen LogP contribution in [-0.2, 0) is 10.0 Å². The van der Waals surface area contributed by atoms with Crippen LogP contribution in [0.5, 0.6) is 0 Å².